The summed E-state index contributed by atoms with van der Waals surface area (Å²) in [5.74, 6) is 0.918. The predicted octanol–water partition coefficient (Wildman–Crippen LogP) is 3.33. The number of fused-ring (bicyclic) bond motifs is 1. The number of anilines is 1. The lowest BCUT2D eigenvalue weighted by Crippen LogP contribution is -2.35. The van der Waals surface area contributed by atoms with Crippen molar-refractivity contribution >= 4 is 56.9 Å². The minimum absolute atomic E-state index is 0.129. The smallest absolute Gasteiger partial charge is 0.325 e. The van der Waals surface area contributed by atoms with Crippen molar-refractivity contribution in [3.05, 3.63) is 52.1 Å². The molecule has 1 amide bonds. The summed E-state index contributed by atoms with van der Waals surface area (Å²) in [5, 5.41) is 0.170. The van der Waals surface area contributed by atoms with Gasteiger partial charge >= 0.3 is 5.97 Å². The maximum absolute atomic E-state index is 13.4. The third-order valence-corrected chi connectivity index (χ3v) is 5.85. The fourth-order valence-corrected chi connectivity index (χ4v) is 3.96. The Morgan fingerprint density at radius 2 is 1.87 bits per heavy atom. The third kappa shape index (κ3) is 3.96. The Morgan fingerprint density at radius 1 is 1.19 bits per heavy atom. The van der Waals surface area contributed by atoms with Gasteiger partial charge in [0.2, 0.25) is 6.79 Å². The van der Waals surface area contributed by atoms with Crippen molar-refractivity contribution in [2.75, 3.05) is 32.5 Å². The first kappa shape index (κ1) is 21.1. The second kappa shape index (κ2) is 8.56. The van der Waals surface area contributed by atoms with Gasteiger partial charge in [-0.3, -0.25) is 14.5 Å². The van der Waals surface area contributed by atoms with Gasteiger partial charge in [0.1, 0.15) is 18.0 Å². The number of nitrogens with zero attached hydrogens (tertiary/aromatic N) is 2. The summed E-state index contributed by atoms with van der Waals surface area (Å²) in [5.41, 5.74) is 1.45. The molecular weight excluding hydrogens is 488 g/mol. The minimum atomic E-state index is -0.526. The van der Waals surface area contributed by atoms with Crippen LogP contribution in [0.2, 0.25) is 0 Å². The monoisotopic (exact) mass is 504 g/mol. The average molecular weight is 505 g/mol. The molecule has 0 unspecified atom stereocenters. The number of thiocarbonyl (C=S) groups is 1. The second-order valence-corrected chi connectivity index (χ2v) is 7.76. The molecule has 31 heavy (non-hydrogen) atoms. The molecule has 0 saturated carbocycles. The summed E-state index contributed by atoms with van der Waals surface area (Å²) in [7, 11) is 2.84. The van der Waals surface area contributed by atoms with Gasteiger partial charge in [0.05, 0.1) is 19.9 Å². The number of carbonyl (C=O) groups excluding carboxylic acids is 2. The van der Waals surface area contributed by atoms with Crippen molar-refractivity contribution in [2.45, 2.75) is 0 Å². The minimum Gasteiger partial charge on any atom is -0.497 e. The number of rotatable bonds is 5. The Labute approximate surface area is 192 Å². The highest BCUT2D eigenvalue weighted by molar-refractivity contribution is 9.10. The van der Waals surface area contributed by atoms with Gasteiger partial charge in [-0.15, -0.1) is 0 Å². The van der Waals surface area contributed by atoms with Gasteiger partial charge in [-0.25, -0.2) is 0 Å². The van der Waals surface area contributed by atoms with E-state index in [1.54, 1.807) is 49.6 Å². The molecule has 10 heteroatoms. The van der Waals surface area contributed by atoms with Gasteiger partial charge in [-0.05, 0) is 60.3 Å². The molecule has 0 N–H and O–H groups in total. The molecule has 2 aromatic rings. The van der Waals surface area contributed by atoms with Gasteiger partial charge in [0.25, 0.3) is 5.91 Å². The van der Waals surface area contributed by atoms with Crippen molar-refractivity contribution in [3.8, 4) is 17.2 Å². The van der Waals surface area contributed by atoms with Crippen LogP contribution in [0.5, 0.6) is 17.2 Å². The molecule has 2 aliphatic heterocycles. The van der Waals surface area contributed by atoms with Crippen molar-refractivity contribution in [1.29, 1.82) is 0 Å². The highest BCUT2D eigenvalue weighted by atomic mass is 79.9. The molecule has 8 nitrogen and oxygen atoms in total. The molecule has 0 spiro atoms. The van der Waals surface area contributed by atoms with Gasteiger partial charge in [-0.1, -0.05) is 15.9 Å². The molecule has 1 saturated heterocycles. The van der Waals surface area contributed by atoms with E-state index in [2.05, 4.69) is 15.9 Å². The van der Waals surface area contributed by atoms with Crippen LogP contribution in [0.25, 0.3) is 6.08 Å². The van der Waals surface area contributed by atoms with Crippen molar-refractivity contribution in [1.82, 2.24) is 4.90 Å². The first-order valence-electron chi connectivity index (χ1n) is 9.10. The lowest BCUT2D eigenvalue weighted by Gasteiger charge is -2.19. The fourth-order valence-electron chi connectivity index (χ4n) is 3.18. The summed E-state index contributed by atoms with van der Waals surface area (Å²) in [6.45, 7) is -0.0771. The highest BCUT2D eigenvalue weighted by Crippen LogP contribution is 2.39. The molecule has 2 aliphatic rings. The summed E-state index contributed by atoms with van der Waals surface area (Å²) in [6.07, 6.45) is 1.65. The molecule has 0 bridgehead atoms. The molecule has 1 fully saturated rings. The molecule has 160 valence electrons. The summed E-state index contributed by atoms with van der Waals surface area (Å²) < 4.78 is 21.5. The van der Waals surface area contributed by atoms with E-state index in [9.17, 15) is 9.59 Å². The summed E-state index contributed by atoms with van der Waals surface area (Å²) >= 11 is 9.04. The van der Waals surface area contributed by atoms with E-state index in [1.807, 2.05) is 0 Å². The number of halogens is 1. The Kier molecular flexibility index (Phi) is 5.84. The van der Waals surface area contributed by atoms with Crippen LogP contribution in [-0.2, 0) is 14.3 Å². The van der Waals surface area contributed by atoms with E-state index in [0.717, 1.165) is 0 Å². The zero-order valence-electron chi connectivity index (χ0n) is 16.6. The second-order valence-electron chi connectivity index (χ2n) is 6.54. The van der Waals surface area contributed by atoms with E-state index in [4.69, 9.17) is 31.2 Å². The standard InChI is InChI=1S/C21H17BrN2O6S/c1-27-14-5-3-13(4-6-14)24-20(26)16(23(21(24)31)10-19(25)28-2)7-12-8-17-18(9-15(12)22)30-11-29-17/h3-9H,10-11H2,1-2H3/b16-7-. The quantitative estimate of drug-likeness (QED) is 0.348. The van der Waals surface area contributed by atoms with Crippen molar-refractivity contribution in [2.24, 2.45) is 0 Å². The highest BCUT2D eigenvalue weighted by Gasteiger charge is 2.40. The number of amides is 1. The van der Waals surface area contributed by atoms with E-state index in [1.165, 1.54) is 16.9 Å². The molecular formula is C21H17BrN2O6S. The molecule has 0 atom stereocenters. The van der Waals surface area contributed by atoms with Crippen LogP contribution in [0.15, 0.2) is 46.6 Å². The zero-order chi connectivity index (χ0) is 22.1. The van der Waals surface area contributed by atoms with E-state index >= 15 is 0 Å². The largest absolute Gasteiger partial charge is 0.497 e. The number of esters is 1. The fraction of sp³-hybridized carbons (Fsp3) is 0.190. The van der Waals surface area contributed by atoms with Crippen LogP contribution in [0, 0.1) is 0 Å². The lowest BCUT2D eigenvalue weighted by molar-refractivity contribution is -0.140. The number of methoxy groups -OCH3 is 2. The zero-order valence-corrected chi connectivity index (χ0v) is 19.0. The Bertz CT molecular complexity index is 1100. The van der Waals surface area contributed by atoms with Gasteiger partial charge in [0, 0.05) is 4.47 Å². The summed E-state index contributed by atoms with van der Waals surface area (Å²) in [6, 6.07) is 10.4. The van der Waals surface area contributed by atoms with Crippen LogP contribution in [-0.4, -0.2) is 49.4 Å². The van der Waals surface area contributed by atoms with Crippen LogP contribution < -0.4 is 19.1 Å². The molecule has 0 aliphatic carbocycles. The maximum Gasteiger partial charge on any atom is 0.325 e. The molecule has 0 aromatic heterocycles. The van der Waals surface area contributed by atoms with Crippen molar-refractivity contribution < 1.29 is 28.5 Å². The average Bonchev–Trinajstić information content (AvgIpc) is 3.31. The molecule has 2 heterocycles. The number of ether oxygens (including phenoxy) is 4. The predicted molar refractivity (Wildman–Crippen MR) is 120 cm³/mol. The molecule has 2 aromatic carbocycles. The Morgan fingerprint density at radius 3 is 2.52 bits per heavy atom. The van der Waals surface area contributed by atoms with Gasteiger partial charge in [0.15, 0.2) is 16.6 Å². The van der Waals surface area contributed by atoms with Crippen LogP contribution in [0.3, 0.4) is 0 Å². The van der Waals surface area contributed by atoms with E-state index in [-0.39, 0.29) is 30.1 Å². The first-order chi connectivity index (χ1) is 14.9. The van der Waals surface area contributed by atoms with Crippen molar-refractivity contribution in [3.63, 3.8) is 0 Å². The van der Waals surface area contributed by atoms with Crippen LogP contribution in [0.1, 0.15) is 5.56 Å². The number of carbonyl (C=O) groups is 2. The first-order valence-corrected chi connectivity index (χ1v) is 10.3. The van der Waals surface area contributed by atoms with E-state index in [0.29, 0.717) is 33.0 Å². The topological polar surface area (TPSA) is 77.5 Å². The maximum atomic E-state index is 13.4. The number of benzene rings is 2. The third-order valence-electron chi connectivity index (χ3n) is 4.76. The summed E-state index contributed by atoms with van der Waals surface area (Å²) in [4.78, 5) is 28.2. The molecule has 4 rings (SSSR count). The molecule has 0 radical (unpaired) electrons. The van der Waals surface area contributed by atoms with Crippen LogP contribution in [0.4, 0.5) is 5.69 Å². The Balaban J connectivity index is 1.76. The van der Waals surface area contributed by atoms with Gasteiger partial charge in [-0.2, -0.15) is 0 Å². The normalized spacial score (nSPS) is 16.3. The lowest BCUT2D eigenvalue weighted by atomic mass is 10.1. The van der Waals surface area contributed by atoms with Gasteiger partial charge < -0.3 is 23.8 Å². The number of hydrogen-bond donors (Lipinski definition) is 0. The van der Waals surface area contributed by atoms with Crippen LogP contribution >= 0.6 is 28.1 Å². The SMILES string of the molecule is COC(=O)CN1C(=S)N(c2ccc(OC)cc2)C(=O)/C1=C/c1cc2c(cc1Br)OCO2. The Hall–Kier alpha value is -3.11. The number of hydrogen-bond acceptors (Lipinski definition) is 7. The van der Waals surface area contributed by atoms with E-state index < -0.39 is 5.97 Å².